The van der Waals surface area contributed by atoms with Crippen LogP contribution in [0.4, 0.5) is 0 Å². The van der Waals surface area contributed by atoms with Crippen molar-refractivity contribution in [3.63, 3.8) is 0 Å². The Morgan fingerprint density at radius 3 is 2.53 bits per heavy atom. The lowest BCUT2D eigenvalue weighted by atomic mass is 9.98. The summed E-state index contributed by atoms with van der Waals surface area (Å²) in [6.45, 7) is 5.78. The zero-order chi connectivity index (χ0) is 11.3. The molecular weight excluding hydrogens is 233 g/mol. The van der Waals surface area contributed by atoms with Crippen molar-refractivity contribution in [3.8, 4) is 0 Å². The van der Waals surface area contributed by atoms with E-state index < -0.39 is 9.75 Å². The van der Waals surface area contributed by atoms with E-state index in [1.807, 2.05) is 11.8 Å². The van der Waals surface area contributed by atoms with E-state index in [1.54, 1.807) is 0 Å². The lowest BCUT2D eigenvalue weighted by molar-refractivity contribution is -0.138. The molecule has 2 nitrogen and oxygen atoms in total. The van der Waals surface area contributed by atoms with Crippen molar-refractivity contribution >= 4 is 29.1 Å². The Morgan fingerprint density at radius 1 is 1.47 bits per heavy atom. The van der Waals surface area contributed by atoms with Gasteiger partial charge in [-0.05, 0) is 32.1 Å². The third-order valence-corrected chi connectivity index (χ3v) is 4.78. The summed E-state index contributed by atoms with van der Waals surface area (Å²) < 4.78 is -0.829. The summed E-state index contributed by atoms with van der Waals surface area (Å²) in [5.74, 6) is 0.740. The number of halogens is 2. The average Bonchev–Trinajstić information content (AvgIpc) is 2.66. The highest BCUT2D eigenvalue weighted by Crippen LogP contribution is 2.64. The number of alkyl halides is 2. The largest absolute Gasteiger partial charge is 0.342 e. The third-order valence-electron chi connectivity index (χ3n) is 3.67. The molecule has 2 unspecified atom stereocenters. The Labute approximate surface area is 101 Å². The predicted molar refractivity (Wildman–Crippen MR) is 62.1 cm³/mol. The first-order valence-electron chi connectivity index (χ1n) is 5.54. The van der Waals surface area contributed by atoms with E-state index >= 15 is 0 Å². The summed E-state index contributed by atoms with van der Waals surface area (Å²) in [7, 11) is 0. The van der Waals surface area contributed by atoms with Gasteiger partial charge in [0.05, 0.1) is 5.41 Å². The first kappa shape index (κ1) is 11.5. The number of likely N-dealkylation sites (tertiary alicyclic amines) is 1. The summed E-state index contributed by atoms with van der Waals surface area (Å²) in [6, 6.07) is 0. The highest BCUT2D eigenvalue weighted by Gasteiger charge is 2.68. The van der Waals surface area contributed by atoms with E-state index in [0.717, 1.165) is 19.5 Å². The van der Waals surface area contributed by atoms with Gasteiger partial charge in [0.2, 0.25) is 5.91 Å². The van der Waals surface area contributed by atoms with Gasteiger partial charge in [0.1, 0.15) is 4.33 Å². The monoisotopic (exact) mass is 249 g/mol. The molecule has 4 heteroatoms. The van der Waals surface area contributed by atoms with Gasteiger partial charge in [-0.25, -0.2) is 0 Å². The fourth-order valence-corrected chi connectivity index (χ4v) is 3.05. The van der Waals surface area contributed by atoms with Gasteiger partial charge in [-0.1, -0.05) is 6.92 Å². The van der Waals surface area contributed by atoms with Crippen LogP contribution in [0.2, 0.25) is 0 Å². The van der Waals surface area contributed by atoms with Gasteiger partial charge in [0, 0.05) is 13.1 Å². The van der Waals surface area contributed by atoms with Crippen LogP contribution in [0.15, 0.2) is 0 Å². The second kappa shape index (κ2) is 3.53. The van der Waals surface area contributed by atoms with Crippen LogP contribution in [0.5, 0.6) is 0 Å². The standard InChI is InChI=1S/C11H17Cl2NO/c1-8-4-3-5-14(6-8)9(15)10(2)7-11(10,12)13/h8H,3-7H2,1-2H3. The lowest BCUT2D eigenvalue weighted by Crippen LogP contribution is -2.43. The van der Waals surface area contributed by atoms with Crippen molar-refractivity contribution in [1.82, 2.24) is 4.90 Å². The molecule has 0 bridgehead atoms. The molecule has 2 aliphatic rings. The zero-order valence-electron chi connectivity index (χ0n) is 9.22. The molecule has 0 aromatic carbocycles. The van der Waals surface area contributed by atoms with E-state index in [0.29, 0.717) is 12.3 Å². The summed E-state index contributed by atoms with van der Waals surface area (Å²) in [6.07, 6.45) is 2.90. The molecular formula is C11H17Cl2NO. The molecule has 1 saturated heterocycles. The van der Waals surface area contributed by atoms with Crippen LogP contribution in [0.25, 0.3) is 0 Å². The first-order chi connectivity index (χ1) is 6.87. The van der Waals surface area contributed by atoms with Crippen molar-refractivity contribution in [2.45, 2.75) is 37.4 Å². The Kier molecular flexibility index (Phi) is 2.71. The topological polar surface area (TPSA) is 20.3 Å². The molecule has 1 saturated carbocycles. The predicted octanol–water partition coefficient (Wildman–Crippen LogP) is 2.83. The molecule has 1 aliphatic carbocycles. The molecule has 0 aromatic heterocycles. The number of piperidine rings is 1. The SMILES string of the molecule is CC1CCCN(C(=O)C2(C)CC2(Cl)Cl)C1. The molecule has 0 aromatic rings. The minimum absolute atomic E-state index is 0.138. The fraction of sp³-hybridized carbons (Fsp3) is 0.909. The summed E-state index contributed by atoms with van der Waals surface area (Å²) in [4.78, 5) is 14.1. The van der Waals surface area contributed by atoms with Crippen LogP contribution in [-0.4, -0.2) is 28.2 Å². The number of hydrogen-bond donors (Lipinski definition) is 0. The number of carbonyl (C=O) groups is 1. The van der Waals surface area contributed by atoms with Crippen molar-refractivity contribution in [2.24, 2.45) is 11.3 Å². The Hall–Kier alpha value is 0.0500. The van der Waals surface area contributed by atoms with Crippen molar-refractivity contribution in [3.05, 3.63) is 0 Å². The lowest BCUT2D eigenvalue weighted by Gasteiger charge is -2.33. The van der Waals surface area contributed by atoms with Crippen molar-refractivity contribution < 1.29 is 4.79 Å². The van der Waals surface area contributed by atoms with Crippen LogP contribution >= 0.6 is 23.2 Å². The number of amides is 1. The highest BCUT2D eigenvalue weighted by atomic mass is 35.5. The van der Waals surface area contributed by atoms with Crippen LogP contribution in [-0.2, 0) is 4.79 Å². The zero-order valence-corrected chi connectivity index (χ0v) is 10.7. The van der Waals surface area contributed by atoms with Gasteiger partial charge >= 0.3 is 0 Å². The highest BCUT2D eigenvalue weighted by molar-refractivity contribution is 6.53. The number of carbonyl (C=O) groups excluding carboxylic acids is 1. The molecule has 0 N–H and O–H groups in total. The van der Waals surface area contributed by atoms with Gasteiger partial charge < -0.3 is 4.90 Å². The third kappa shape index (κ3) is 1.87. The molecule has 1 heterocycles. The van der Waals surface area contributed by atoms with E-state index in [-0.39, 0.29) is 5.91 Å². The van der Waals surface area contributed by atoms with Crippen LogP contribution in [0, 0.1) is 11.3 Å². The molecule has 1 amide bonds. The van der Waals surface area contributed by atoms with E-state index in [2.05, 4.69) is 6.92 Å². The normalized spacial score (nSPS) is 38.9. The number of rotatable bonds is 1. The molecule has 15 heavy (non-hydrogen) atoms. The fourth-order valence-electron chi connectivity index (χ4n) is 2.35. The van der Waals surface area contributed by atoms with Gasteiger partial charge in [-0.15, -0.1) is 23.2 Å². The van der Waals surface area contributed by atoms with Crippen LogP contribution < -0.4 is 0 Å². The average molecular weight is 250 g/mol. The molecule has 2 rings (SSSR count). The number of hydrogen-bond acceptors (Lipinski definition) is 1. The Balaban J connectivity index is 2.03. The molecule has 86 valence electrons. The molecule has 0 spiro atoms. The minimum atomic E-state index is -0.829. The van der Waals surface area contributed by atoms with E-state index in [9.17, 15) is 4.79 Å². The summed E-state index contributed by atoms with van der Waals surface area (Å²) >= 11 is 12.0. The Morgan fingerprint density at radius 2 is 2.07 bits per heavy atom. The summed E-state index contributed by atoms with van der Waals surface area (Å²) in [5.41, 5.74) is -0.535. The van der Waals surface area contributed by atoms with Gasteiger partial charge in [-0.3, -0.25) is 4.79 Å². The molecule has 2 atom stereocenters. The van der Waals surface area contributed by atoms with E-state index in [1.165, 1.54) is 6.42 Å². The van der Waals surface area contributed by atoms with Crippen molar-refractivity contribution in [2.75, 3.05) is 13.1 Å². The molecule has 2 fully saturated rings. The smallest absolute Gasteiger partial charge is 0.231 e. The first-order valence-corrected chi connectivity index (χ1v) is 6.30. The maximum atomic E-state index is 12.2. The van der Waals surface area contributed by atoms with Gasteiger partial charge in [-0.2, -0.15) is 0 Å². The maximum absolute atomic E-state index is 12.2. The quantitative estimate of drug-likeness (QED) is 0.655. The summed E-state index contributed by atoms with van der Waals surface area (Å²) in [5, 5.41) is 0. The van der Waals surface area contributed by atoms with Gasteiger partial charge in [0.25, 0.3) is 0 Å². The Bertz CT molecular complexity index is 292. The number of nitrogens with zero attached hydrogens (tertiary/aromatic N) is 1. The molecule has 1 aliphatic heterocycles. The van der Waals surface area contributed by atoms with Crippen LogP contribution in [0.1, 0.15) is 33.1 Å². The van der Waals surface area contributed by atoms with Crippen LogP contribution in [0.3, 0.4) is 0 Å². The van der Waals surface area contributed by atoms with Gasteiger partial charge in [0.15, 0.2) is 0 Å². The van der Waals surface area contributed by atoms with Crippen molar-refractivity contribution in [1.29, 1.82) is 0 Å². The minimum Gasteiger partial charge on any atom is -0.342 e. The maximum Gasteiger partial charge on any atom is 0.231 e. The molecule has 0 radical (unpaired) electrons. The van der Waals surface area contributed by atoms with E-state index in [4.69, 9.17) is 23.2 Å². The second-order valence-corrected chi connectivity index (χ2v) is 6.70. The second-order valence-electron chi connectivity index (χ2n) is 5.21.